The number of ether oxygens (including phenoxy) is 2. The summed E-state index contributed by atoms with van der Waals surface area (Å²) in [6.45, 7) is 5.28. The first kappa shape index (κ1) is 15.3. The van der Waals surface area contributed by atoms with Gasteiger partial charge in [-0.15, -0.1) is 0 Å². The smallest absolute Gasteiger partial charge is 0.120 e. The van der Waals surface area contributed by atoms with Gasteiger partial charge in [-0.25, -0.2) is 0 Å². The van der Waals surface area contributed by atoms with Crippen LogP contribution in [0.2, 0.25) is 0 Å². The van der Waals surface area contributed by atoms with Gasteiger partial charge in [-0.05, 0) is 38.8 Å². The monoisotopic (exact) mass is 279 g/mol. The highest BCUT2D eigenvalue weighted by Crippen LogP contribution is 2.22. The Hall–Kier alpha value is -1.10. The van der Waals surface area contributed by atoms with E-state index < -0.39 is 0 Å². The van der Waals surface area contributed by atoms with Gasteiger partial charge in [0.05, 0.1) is 12.7 Å². The largest absolute Gasteiger partial charge is 0.508 e. The Morgan fingerprint density at radius 3 is 3.05 bits per heavy atom. The van der Waals surface area contributed by atoms with Crippen molar-refractivity contribution >= 4 is 0 Å². The Labute approximate surface area is 121 Å². The zero-order chi connectivity index (χ0) is 14.2. The fourth-order valence-electron chi connectivity index (χ4n) is 2.45. The summed E-state index contributed by atoms with van der Waals surface area (Å²) in [6.07, 6.45) is 3.56. The molecule has 0 radical (unpaired) electrons. The van der Waals surface area contributed by atoms with Crippen molar-refractivity contribution in [3.8, 4) is 5.75 Å². The van der Waals surface area contributed by atoms with Crippen LogP contribution < -0.4 is 5.32 Å². The lowest BCUT2D eigenvalue weighted by atomic mass is 10.1. The predicted molar refractivity (Wildman–Crippen MR) is 78.9 cm³/mol. The van der Waals surface area contributed by atoms with E-state index in [9.17, 15) is 5.11 Å². The van der Waals surface area contributed by atoms with Crippen molar-refractivity contribution in [2.45, 2.75) is 38.3 Å². The van der Waals surface area contributed by atoms with E-state index in [0.29, 0.717) is 11.9 Å². The molecule has 0 saturated carbocycles. The molecule has 1 saturated heterocycles. The summed E-state index contributed by atoms with van der Waals surface area (Å²) in [6, 6.07) is 7.59. The van der Waals surface area contributed by atoms with Crippen molar-refractivity contribution in [2.24, 2.45) is 0 Å². The molecule has 4 nitrogen and oxygen atoms in total. The van der Waals surface area contributed by atoms with E-state index in [2.05, 4.69) is 12.2 Å². The number of hydrogen-bond donors (Lipinski definition) is 2. The van der Waals surface area contributed by atoms with E-state index in [-0.39, 0.29) is 6.04 Å². The SMILES string of the molecule is CC(NCCCOCC1CCCO1)c1ccccc1O. The minimum Gasteiger partial charge on any atom is -0.508 e. The molecule has 112 valence electrons. The molecule has 0 spiro atoms. The molecule has 20 heavy (non-hydrogen) atoms. The Kier molecular flexibility index (Phi) is 6.30. The Morgan fingerprint density at radius 2 is 2.30 bits per heavy atom. The van der Waals surface area contributed by atoms with Gasteiger partial charge in [0.25, 0.3) is 0 Å². The second-order valence-electron chi connectivity index (χ2n) is 5.30. The molecule has 1 aromatic carbocycles. The minimum absolute atomic E-state index is 0.148. The van der Waals surface area contributed by atoms with E-state index in [1.54, 1.807) is 6.07 Å². The van der Waals surface area contributed by atoms with E-state index >= 15 is 0 Å². The van der Waals surface area contributed by atoms with Crippen LogP contribution in [0.4, 0.5) is 0 Å². The first-order chi connectivity index (χ1) is 9.77. The van der Waals surface area contributed by atoms with E-state index in [1.165, 1.54) is 0 Å². The molecule has 2 unspecified atom stereocenters. The quantitative estimate of drug-likeness (QED) is 0.718. The third-order valence-corrected chi connectivity index (χ3v) is 3.65. The lowest BCUT2D eigenvalue weighted by Crippen LogP contribution is -2.22. The molecule has 0 bridgehead atoms. The van der Waals surface area contributed by atoms with Gasteiger partial charge in [0, 0.05) is 24.8 Å². The van der Waals surface area contributed by atoms with Gasteiger partial charge in [-0.1, -0.05) is 18.2 Å². The van der Waals surface area contributed by atoms with Crippen molar-refractivity contribution in [3.63, 3.8) is 0 Å². The molecule has 1 aliphatic heterocycles. The van der Waals surface area contributed by atoms with Crippen molar-refractivity contribution in [1.82, 2.24) is 5.32 Å². The van der Waals surface area contributed by atoms with Crippen molar-refractivity contribution in [1.29, 1.82) is 0 Å². The van der Waals surface area contributed by atoms with Crippen LogP contribution in [0.25, 0.3) is 0 Å². The lowest BCUT2D eigenvalue weighted by molar-refractivity contribution is 0.0165. The van der Waals surface area contributed by atoms with E-state index in [0.717, 1.165) is 51.2 Å². The molecule has 1 aromatic rings. The van der Waals surface area contributed by atoms with Crippen LogP contribution in [0.5, 0.6) is 5.75 Å². The Morgan fingerprint density at radius 1 is 1.45 bits per heavy atom. The summed E-state index contributed by atoms with van der Waals surface area (Å²) in [7, 11) is 0. The second kappa shape index (κ2) is 8.25. The molecule has 0 aromatic heterocycles. The lowest BCUT2D eigenvalue weighted by Gasteiger charge is -2.15. The van der Waals surface area contributed by atoms with Crippen molar-refractivity contribution in [2.75, 3.05) is 26.4 Å². The average molecular weight is 279 g/mol. The van der Waals surface area contributed by atoms with Gasteiger partial charge < -0.3 is 19.9 Å². The number of benzene rings is 1. The van der Waals surface area contributed by atoms with Gasteiger partial charge in [0.15, 0.2) is 0 Å². The predicted octanol–water partition coefficient (Wildman–Crippen LogP) is 2.63. The maximum atomic E-state index is 9.76. The molecular weight excluding hydrogens is 254 g/mol. The Balaban J connectivity index is 1.55. The molecular formula is C16H25NO3. The van der Waals surface area contributed by atoms with Crippen LogP contribution in [0, 0.1) is 0 Å². The van der Waals surface area contributed by atoms with Crippen LogP contribution >= 0.6 is 0 Å². The molecule has 4 heteroatoms. The number of aromatic hydroxyl groups is 1. The third-order valence-electron chi connectivity index (χ3n) is 3.65. The number of rotatable bonds is 8. The van der Waals surface area contributed by atoms with Crippen LogP contribution in [-0.4, -0.2) is 37.6 Å². The number of hydrogen-bond acceptors (Lipinski definition) is 4. The molecule has 0 aliphatic carbocycles. The highest BCUT2D eigenvalue weighted by molar-refractivity contribution is 5.33. The fraction of sp³-hybridized carbons (Fsp3) is 0.625. The van der Waals surface area contributed by atoms with E-state index in [4.69, 9.17) is 9.47 Å². The van der Waals surface area contributed by atoms with Gasteiger partial charge >= 0.3 is 0 Å². The van der Waals surface area contributed by atoms with Gasteiger partial charge in [-0.2, -0.15) is 0 Å². The van der Waals surface area contributed by atoms with Gasteiger partial charge in [0.2, 0.25) is 0 Å². The topological polar surface area (TPSA) is 50.7 Å². The number of phenols is 1. The maximum Gasteiger partial charge on any atom is 0.120 e. The number of nitrogens with one attached hydrogen (secondary N) is 1. The van der Waals surface area contributed by atoms with Crippen LogP contribution in [0.15, 0.2) is 24.3 Å². The molecule has 2 N–H and O–H groups in total. The van der Waals surface area contributed by atoms with E-state index in [1.807, 2.05) is 18.2 Å². The van der Waals surface area contributed by atoms with Crippen molar-refractivity contribution < 1.29 is 14.6 Å². The highest BCUT2D eigenvalue weighted by Gasteiger charge is 2.15. The summed E-state index contributed by atoms with van der Waals surface area (Å²) in [5.74, 6) is 0.349. The average Bonchev–Trinajstić information content (AvgIpc) is 2.96. The minimum atomic E-state index is 0.148. The van der Waals surface area contributed by atoms with Crippen LogP contribution in [0.1, 0.15) is 37.8 Å². The van der Waals surface area contributed by atoms with Gasteiger partial charge in [0.1, 0.15) is 5.75 Å². The third kappa shape index (κ3) is 4.78. The molecule has 2 rings (SSSR count). The highest BCUT2D eigenvalue weighted by atomic mass is 16.5. The molecule has 0 amide bonds. The zero-order valence-electron chi connectivity index (χ0n) is 12.2. The summed E-state index contributed by atoms with van der Waals surface area (Å²) < 4.78 is 11.1. The summed E-state index contributed by atoms with van der Waals surface area (Å²) in [4.78, 5) is 0. The molecule has 2 atom stereocenters. The maximum absolute atomic E-state index is 9.76. The van der Waals surface area contributed by atoms with Crippen LogP contribution in [-0.2, 0) is 9.47 Å². The Bertz CT molecular complexity index is 391. The molecule has 1 heterocycles. The summed E-state index contributed by atoms with van der Waals surface area (Å²) in [5, 5.41) is 13.2. The van der Waals surface area contributed by atoms with Gasteiger partial charge in [-0.3, -0.25) is 0 Å². The van der Waals surface area contributed by atoms with Crippen LogP contribution in [0.3, 0.4) is 0 Å². The summed E-state index contributed by atoms with van der Waals surface area (Å²) in [5.41, 5.74) is 0.938. The second-order valence-corrected chi connectivity index (χ2v) is 5.30. The first-order valence-corrected chi connectivity index (χ1v) is 7.48. The summed E-state index contributed by atoms with van der Waals surface area (Å²) >= 11 is 0. The normalized spacial score (nSPS) is 20.1. The number of phenolic OH excluding ortho intramolecular Hbond substituents is 1. The fourth-order valence-corrected chi connectivity index (χ4v) is 2.45. The van der Waals surface area contributed by atoms with Crippen molar-refractivity contribution in [3.05, 3.63) is 29.8 Å². The molecule has 1 aliphatic rings. The number of para-hydroxylation sites is 1. The molecule has 1 fully saturated rings. The first-order valence-electron chi connectivity index (χ1n) is 7.48. The standard InChI is InChI=1S/C16H25NO3/c1-13(15-7-2-3-8-16(15)18)17-9-5-10-19-12-14-6-4-11-20-14/h2-3,7-8,13-14,17-18H,4-6,9-12H2,1H3. The zero-order valence-corrected chi connectivity index (χ0v) is 12.2.